The zero-order chi connectivity index (χ0) is 10.7. The molecule has 1 aliphatic heterocycles. The molecule has 15 heavy (non-hydrogen) atoms. The van der Waals surface area contributed by atoms with Gasteiger partial charge in [0, 0.05) is 17.0 Å². The summed E-state index contributed by atoms with van der Waals surface area (Å²) in [5.41, 5.74) is 6.78. The Morgan fingerprint density at radius 3 is 2.73 bits per heavy atom. The molecule has 1 amide bonds. The van der Waals surface area contributed by atoms with Gasteiger partial charge in [0.1, 0.15) is 0 Å². The van der Waals surface area contributed by atoms with E-state index in [0.717, 1.165) is 12.3 Å². The van der Waals surface area contributed by atoms with Gasteiger partial charge in [-0.1, -0.05) is 11.8 Å². The first-order valence-corrected chi connectivity index (χ1v) is 5.58. The van der Waals surface area contributed by atoms with Crippen molar-refractivity contribution in [3.8, 4) is 0 Å². The zero-order valence-corrected chi connectivity index (χ0v) is 8.88. The maximum Gasteiger partial charge on any atom is 0.257 e. The van der Waals surface area contributed by atoms with E-state index in [4.69, 9.17) is 5.73 Å². The Hall–Kier alpha value is -1.49. The predicted molar refractivity (Wildman–Crippen MR) is 63.1 cm³/mol. The van der Waals surface area contributed by atoms with Gasteiger partial charge in [0.15, 0.2) is 5.17 Å². The number of benzene rings is 1. The van der Waals surface area contributed by atoms with Crippen LogP contribution >= 0.6 is 11.8 Å². The van der Waals surface area contributed by atoms with E-state index in [1.807, 2.05) is 0 Å². The Balaban J connectivity index is 2.04. The van der Waals surface area contributed by atoms with Gasteiger partial charge in [-0.05, 0) is 24.3 Å². The lowest BCUT2D eigenvalue weighted by Gasteiger charge is -2.03. The van der Waals surface area contributed by atoms with Crippen LogP contribution < -0.4 is 11.1 Å². The van der Waals surface area contributed by atoms with Crippen molar-refractivity contribution in [2.75, 3.05) is 18.0 Å². The van der Waals surface area contributed by atoms with Crippen molar-refractivity contribution < 1.29 is 4.79 Å². The first-order valence-electron chi connectivity index (χ1n) is 4.60. The number of carbonyl (C=O) groups excluding carboxylic acids is 1. The molecule has 1 heterocycles. The van der Waals surface area contributed by atoms with Gasteiger partial charge >= 0.3 is 0 Å². The summed E-state index contributed by atoms with van der Waals surface area (Å²) in [6.45, 7) is 0.780. The highest BCUT2D eigenvalue weighted by atomic mass is 32.2. The quantitative estimate of drug-likeness (QED) is 0.698. The fraction of sp³-hybridized carbons (Fsp3) is 0.200. The number of nitrogens with two attached hydrogens (primary N) is 1. The van der Waals surface area contributed by atoms with Crippen LogP contribution in [0.25, 0.3) is 0 Å². The Kier molecular flexibility index (Phi) is 2.91. The standard InChI is InChI=1S/C10H11N3OS/c11-8-3-1-7(2-4-8)9(14)13-10-12-5-6-15-10/h1-4H,5-6,11H2,(H,12,13,14). The molecule has 0 unspecified atom stereocenters. The lowest BCUT2D eigenvalue weighted by molar-refractivity contribution is 0.0978. The Morgan fingerprint density at radius 2 is 2.13 bits per heavy atom. The summed E-state index contributed by atoms with van der Waals surface area (Å²) in [6, 6.07) is 6.81. The first kappa shape index (κ1) is 10.0. The van der Waals surface area contributed by atoms with Crippen LogP contribution in [0.2, 0.25) is 0 Å². The molecule has 0 spiro atoms. The molecule has 0 radical (unpaired) electrons. The largest absolute Gasteiger partial charge is 0.399 e. The minimum absolute atomic E-state index is 0.136. The fourth-order valence-electron chi connectivity index (χ4n) is 1.21. The van der Waals surface area contributed by atoms with E-state index in [2.05, 4.69) is 10.3 Å². The van der Waals surface area contributed by atoms with E-state index in [0.29, 0.717) is 16.4 Å². The Bertz CT molecular complexity index is 400. The number of hydrogen-bond donors (Lipinski definition) is 2. The summed E-state index contributed by atoms with van der Waals surface area (Å²) >= 11 is 1.56. The van der Waals surface area contributed by atoms with Gasteiger partial charge < -0.3 is 11.1 Å². The molecule has 4 nitrogen and oxygen atoms in total. The number of nitrogen functional groups attached to an aromatic ring is 1. The van der Waals surface area contributed by atoms with Crippen molar-refractivity contribution in [3.63, 3.8) is 0 Å². The highest BCUT2D eigenvalue weighted by molar-refractivity contribution is 8.14. The van der Waals surface area contributed by atoms with E-state index in [9.17, 15) is 4.79 Å². The van der Waals surface area contributed by atoms with Crippen LogP contribution in [-0.2, 0) is 0 Å². The molecular formula is C10H11N3OS. The van der Waals surface area contributed by atoms with Crippen LogP contribution in [0.4, 0.5) is 5.69 Å². The van der Waals surface area contributed by atoms with Crippen LogP contribution in [-0.4, -0.2) is 23.4 Å². The smallest absolute Gasteiger partial charge is 0.257 e. The van der Waals surface area contributed by atoms with Crippen LogP contribution in [0.5, 0.6) is 0 Å². The molecule has 0 aliphatic carbocycles. The number of rotatable bonds is 1. The Morgan fingerprint density at radius 1 is 1.40 bits per heavy atom. The normalized spacial score (nSPS) is 14.8. The third-order valence-electron chi connectivity index (χ3n) is 1.98. The summed E-state index contributed by atoms with van der Waals surface area (Å²) in [7, 11) is 0. The summed E-state index contributed by atoms with van der Waals surface area (Å²) in [4.78, 5) is 15.8. The number of amides is 1. The summed E-state index contributed by atoms with van der Waals surface area (Å²) in [5, 5.41) is 3.45. The SMILES string of the molecule is Nc1ccc(C(=O)NC2=NCCS2)cc1. The molecule has 0 atom stereocenters. The number of nitrogens with zero attached hydrogens (tertiary/aromatic N) is 1. The third kappa shape index (κ3) is 2.50. The van der Waals surface area contributed by atoms with Crippen molar-refractivity contribution in [1.82, 2.24) is 5.32 Å². The van der Waals surface area contributed by atoms with Crippen LogP contribution in [0.3, 0.4) is 0 Å². The van der Waals surface area contributed by atoms with Crippen molar-refractivity contribution in [3.05, 3.63) is 29.8 Å². The van der Waals surface area contributed by atoms with Crippen molar-refractivity contribution in [2.45, 2.75) is 0 Å². The monoisotopic (exact) mass is 221 g/mol. The lowest BCUT2D eigenvalue weighted by atomic mass is 10.2. The fourth-order valence-corrected chi connectivity index (χ4v) is 1.94. The summed E-state index contributed by atoms with van der Waals surface area (Å²) in [5.74, 6) is 0.806. The van der Waals surface area contributed by atoms with Gasteiger partial charge in [-0.15, -0.1) is 0 Å². The van der Waals surface area contributed by atoms with E-state index < -0.39 is 0 Å². The van der Waals surface area contributed by atoms with E-state index in [1.54, 1.807) is 36.0 Å². The van der Waals surface area contributed by atoms with Gasteiger partial charge in [-0.25, -0.2) is 0 Å². The van der Waals surface area contributed by atoms with E-state index in [1.165, 1.54) is 0 Å². The zero-order valence-electron chi connectivity index (χ0n) is 8.06. The van der Waals surface area contributed by atoms with E-state index in [-0.39, 0.29) is 5.91 Å². The first-order chi connectivity index (χ1) is 7.25. The van der Waals surface area contributed by atoms with Gasteiger partial charge in [0.2, 0.25) is 0 Å². The maximum absolute atomic E-state index is 11.7. The number of nitrogens with one attached hydrogen (secondary N) is 1. The van der Waals surface area contributed by atoms with E-state index >= 15 is 0 Å². The van der Waals surface area contributed by atoms with Crippen LogP contribution in [0.1, 0.15) is 10.4 Å². The summed E-state index contributed by atoms with van der Waals surface area (Å²) in [6.07, 6.45) is 0. The molecule has 0 bridgehead atoms. The molecule has 5 heteroatoms. The second kappa shape index (κ2) is 4.35. The molecule has 0 fully saturated rings. The topological polar surface area (TPSA) is 67.5 Å². The number of hydrogen-bond acceptors (Lipinski definition) is 4. The van der Waals surface area contributed by atoms with Crippen LogP contribution in [0, 0.1) is 0 Å². The van der Waals surface area contributed by atoms with Crippen molar-refractivity contribution >= 4 is 28.5 Å². The van der Waals surface area contributed by atoms with Gasteiger partial charge in [-0.3, -0.25) is 9.79 Å². The average Bonchev–Trinajstić information content (AvgIpc) is 2.71. The average molecular weight is 221 g/mol. The van der Waals surface area contributed by atoms with Gasteiger partial charge in [-0.2, -0.15) is 0 Å². The second-order valence-electron chi connectivity index (χ2n) is 3.11. The number of carbonyl (C=O) groups is 1. The second-order valence-corrected chi connectivity index (χ2v) is 4.20. The minimum atomic E-state index is -0.136. The third-order valence-corrected chi connectivity index (χ3v) is 2.87. The highest BCUT2D eigenvalue weighted by Gasteiger charge is 2.11. The molecule has 0 aromatic heterocycles. The number of thioether (sulfide) groups is 1. The van der Waals surface area contributed by atoms with Crippen molar-refractivity contribution in [1.29, 1.82) is 0 Å². The number of amidine groups is 1. The highest BCUT2D eigenvalue weighted by Crippen LogP contribution is 2.10. The molecular weight excluding hydrogens is 210 g/mol. The molecule has 2 rings (SSSR count). The molecule has 0 saturated heterocycles. The molecule has 0 saturated carbocycles. The molecule has 1 aromatic carbocycles. The molecule has 1 aliphatic rings. The van der Waals surface area contributed by atoms with Gasteiger partial charge in [0.05, 0.1) is 6.54 Å². The predicted octanol–water partition coefficient (Wildman–Crippen LogP) is 1.10. The maximum atomic E-state index is 11.7. The van der Waals surface area contributed by atoms with Gasteiger partial charge in [0.25, 0.3) is 5.91 Å². The Labute approximate surface area is 92.0 Å². The lowest BCUT2D eigenvalue weighted by Crippen LogP contribution is -2.27. The number of aliphatic imine (C=N–C) groups is 1. The molecule has 1 aromatic rings. The molecule has 3 N–H and O–H groups in total. The summed E-state index contributed by atoms with van der Waals surface area (Å²) < 4.78 is 0. The molecule has 78 valence electrons. The minimum Gasteiger partial charge on any atom is -0.399 e. The van der Waals surface area contributed by atoms with Crippen LogP contribution in [0.15, 0.2) is 29.3 Å². The van der Waals surface area contributed by atoms with Crippen molar-refractivity contribution in [2.24, 2.45) is 4.99 Å². The number of anilines is 1.